The molecule has 0 amide bonds. The van der Waals surface area contributed by atoms with Crippen LogP contribution in [0.25, 0.3) is 0 Å². The van der Waals surface area contributed by atoms with Crippen LogP contribution in [0.4, 0.5) is 0 Å². The van der Waals surface area contributed by atoms with Crippen molar-refractivity contribution in [3.8, 4) is 0 Å². The third-order valence-electron chi connectivity index (χ3n) is 1.15. The summed E-state index contributed by atoms with van der Waals surface area (Å²) in [5.41, 5.74) is 0.337. The number of carbonyl (C=O) groups is 1. The standard InChI is InChI=1S/C7H5O2S/c8-7(9)5-2-1-3-6(10)4-5/h1-2H,4H2,(H,8,9). The predicted molar refractivity (Wildman–Crippen MR) is 40.7 cm³/mol. The average Bonchev–Trinajstić information content (AvgIpc) is 1.88. The van der Waals surface area contributed by atoms with Gasteiger partial charge in [-0.05, 0) is 6.08 Å². The van der Waals surface area contributed by atoms with E-state index in [4.69, 9.17) is 17.3 Å². The summed E-state index contributed by atoms with van der Waals surface area (Å²) in [4.78, 5) is 10.9. The Morgan fingerprint density at radius 1 is 1.80 bits per heavy atom. The van der Waals surface area contributed by atoms with Gasteiger partial charge in [-0.25, -0.2) is 4.79 Å². The topological polar surface area (TPSA) is 37.3 Å². The van der Waals surface area contributed by atoms with Crippen LogP contribution in [0.15, 0.2) is 17.7 Å². The van der Waals surface area contributed by atoms with E-state index in [-0.39, 0.29) is 0 Å². The smallest absolute Gasteiger partial charge is 0.331 e. The van der Waals surface area contributed by atoms with E-state index in [1.54, 1.807) is 0 Å². The van der Waals surface area contributed by atoms with Crippen LogP contribution in [0.3, 0.4) is 0 Å². The van der Waals surface area contributed by atoms with E-state index in [0.29, 0.717) is 16.9 Å². The second kappa shape index (κ2) is 2.75. The molecule has 0 saturated heterocycles. The molecule has 0 spiro atoms. The van der Waals surface area contributed by atoms with Crippen molar-refractivity contribution in [2.75, 3.05) is 0 Å². The first-order valence-corrected chi connectivity index (χ1v) is 3.16. The molecule has 0 aromatic heterocycles. The minimum absolute atomic E-state index is 0.334. The fourth-order valence-corrected chi connectivity index (χ4v) is 0.889. The molecular weight excluding hydrogens is 148 g/mol. The molecule has 51 valence electrons. The Balaban J connectivity index is 2.80. The van der Waals surface area contributed by atoms with Crippen LogP contribution < -0.4 is 0 Å². The number of thiocarbonyl (C=S) groups is 1. The van der Waals surface area contributed by atoms with Crippen LogP contribution in [-0.4, -0.2) is 15.9 Å². The van der Waals surface area contributed by atoms with Gasteiger partial charge in [-0.15, -0.1) is 0 Å². The number of aliphatic carboxylic acids is 1. The molecule has 1 rings (SSSR count). The van der Waals surface area contributed by atoms with E-state index in [0.717, 1.165) is 0 Å². The van der Waals surface area contributed by atoms with Gasteiger partial charge in [0.1, 0.15) is 0 Å². The van der Waals surface area contributed by atoms with Gasteiger partial charge in [-0.1, -0.05) is 24.4 Å². The van der Waals surface area contributed by atoms with Crippen molar-refractivity contribution in [1.82, 2.24) is 0 Å². The fraction of sp³-hybridized carbons (Fsp3) is 0.143. The summed E-state index contributed by atoms with van der Waals surface area (Å²) in [5, 5.41) is 8.48. The third-order valence-corrected chi connectivity index (χ3v) is 1.42. The molecule has 0 heterocycles. The predicted octanol–water partition coefficient (Wildman–Crippen LogP) is 1.13. The highest BCUT2D eigenvalue weighted by molar-refractivity contribution is 7.80. The van der Waals surface area contributed by atoms with Gasteiger partial charge in [0.25, 0.3) is 0 Å². The summed E-state index contributed by atoms with van der Waals surface area (Å²) in [6, 6.07) is 0. The minimum atomic E-state index is -0.903. The molecule has 0 fully saturated rings. The van der Waals surface area contributed by atoms with E-state index in [9.17, 15) is 4.79 Å². The van der Waals surface area contributed by atoms with Gasteiger partial charge in [0, 0.05) is 16.9 Å². The molecule has 0 aromatic rings. The molecule has 0 aromatic carbocycles. The second-order valence-corrected chi connectivity index (χ2v) is 2.40. The number of carboxylic acids is 1. The zero-order valence-corrected chi connectivity index (χ0v) is 5.94. The maximum Gasteiger partial charge on any atom is 0.331 e. The summed E-state index contributed by atoms with van der Waals surface area (Å²) >= 11 is 4.76. The first-order chi connectivity index (χ1) is 4.70. The number of hydrogen-bond acceptors (Lipinski definition) is 2. The Morgan fingerprint density at radius 2 is 2.50 bits per heavy atom. The summed E-state index contributed by atoms with van der Waals surface area (Å²) < 4.78 is 0. The van der Waals surface area contributed by atoms with Crippen molar-refractivity contribution >= 4 is 23.1 Å². The molecule has 0 bridgehead atoms. The summed E-state index contributed by atoms with van der Waals surface area (Å²) in [5.74, 6) is -0.903. The van der Waals surface area contributed by atoms with Crippen LogP contribution in [0.5, 0.6) is 0 Å². The van der Waals surface area contributed by atoms with Crippen molar-refractivity contribution in [3.05, 3.63) is 23.8 Å². The van der Waals surface area contributed by atoms with Crippen LogP contribution in [0.2, 0.25) is 0 Å². The number of allylic oxidation sites excluding steroid dienone is 3. The monoisotopic (exact) mass is 153 g/mol. The Kier molecular flexibility index (Phi) is 1.97. The molecular formula is C7H5O2S. The van der Waals surface area contributed by atoms with Crippen molar-refractivity contribution in [1.29, 1.82) is 0 Å². The fourth-order valence-electron chi connectivity index (χ4n) is 0.665. The van der Waals surface area contributed by atoms with Gasteiger partial charge in [-0.3, -0.25) is 0 Å². The molecule has 0 aliphatic heterocycles. The lowest BCUT2D eigenvalue weighted by Gasteiger charge is -2.02. The molecule has 1 aliphatic carbocycles. The van der Waals surface area contributed by atoms with Crippen LogP contribution >= 0.6 is 12.2 Å². The summed E-state index contributed by atoms with van der Waals surface area (Å²) in [7, 11) is 0. The van der Waals surface area contributed by atoms with Crippen LogP contribution in [-0.2, 0) is 4.79 Å². The Hall–Kier alpha value is -0.960. The minimum Gasteiger partial charge on any atom is -0.478 e. The second-order valence-electron chi connectivity index (χ2n) is 1.91. The molecule has 1 aliphatic rings. The Morgan fingerprint density at radius 3 is 2.90 bits per heavy atom. The SMILES string of the molecule is O=C(O)C1=CC=[C]C(=S)C1. The quantitative estimate of drug-likeness (QED) is 0.574. The van der Waals surface area contributed by atoms with Gasteiger partial charge in [0.2, 0.25) is 0 Å². The molecule has 0 saturated carbocycles. The highest BCUT2D eigenvalue weighted by Crippen LogP contribution is 2.09. The molecule has 2 nitrogen and oxygen atoms in total. The van der Waals surface area contributed by atoms with Gasteiger partial charge in [0.05, 0.1) is 0 Å². The van der Waals surface area contributed by atoms with Crippen molar-refractivity contribution < 1.29 is 9.90 Å². The normalized spacial score (nSPS) is 16.8. The van der Waals surface area contributed by atoms with E-state index in [1.807, 2.05) is 0 Å². The average molecular weight is 153 g/mol. The van der Waals surface area contributed by atoms with E-state index < -0.39 is 5.97 Å². The molecule has 1 N–H and O–H groups in total. The molecule has 10 heavy (non-hydrogen) atoms. The molecule has 0 atom stereocenters. The van der Waals surface area contributed by atoms with Crippen molar-refractivity contribution in [2.45, 2.75) is 6.42 Å². The van der Waals surface area contributed by atoms with Crippen molar-refractivity contribution in [2.24, 2.45) is 0 Å². The molecule has 0 unspecified atom stereocenters. The first kappa shape index (κ1) is 7.15. The highest BCUT2D eigenvalue weighted by Gasteiger charge is 2.10. The highest BCUT2D eigenvalue weighted by atomic mass is 32.1. The van der Waals surface area contributed by atoms with E-state index in [2.05, 4.69) is 6.08 Å². The van der Waals surface area contributed by atoms with Gasteiger partial charge >= 0.3 is 5.97 Å². The van der Waals surface area contributed by atoms with Gasteiger partial charge < -0.3 is 5.11 Å². The lowest BCUT2D eigenvalue weighted by atomic mass is 10.1. The largest absolute Gasteiger partial charge is 0.478 e. The van der Waals surface area contributed by atoms with Gasteiger partial charge in [0.15, 0.2) is 0 Å². The third kappa shape index (κ3) is 1.51. The number of hydrogen-bond donors (Lipinski definition) is 1. The zero-order valence-electron chi connectivity index (χ0n) is 5.13. The lowest BCUT2D eigenvalue weighted by molar-refractivity contribution is -0.132. The zero-order chi connectivity index (χ0) is 7.56. The molecule has 3 heteroatoms. The summed E-state index contributed by atoms with van der Waals surface area (Å²) in [6.45, 7) is 0. The lowest BCUT2D eigenvalue weighted by Crippen LogP contribution is -2.07. The Bertz CT molecular complexity index is 238. The molecule has 1 radical (unpaired) electrons. The van der Waals surface area contributed by atoms with E-state index in [1.165, 1.54) is 12.2 Å². The van der Waals surface area contributed by atoms with Crippen molar-refractivity contribution in [3.63, 3.8) is 0 Å². The Labute approximate surface area is 63.9 Å². The maximum absolute atomic E-state index is 10.3. The number of carboxylic acid groups (broad SMARTS) is 1. The van der Waals surface area contributed by atoms with Crippen LogP contribution in [0.1, 0.15) is 6.42 Å². The number of rotatable bonds is 1. The van der Waals surface area contributed by atoms with Crippen LogP contribution in [0, 0.1) is 6.08 Å². The summed E-state index contributed by atoms with van der Waals surface area (Å²) in [6.07, 6.45) is 6.12. The van der Waals surface area contributed by atoms with E-state index >= 15 is 0 Å². The first-order valence-electron chi connectivity index (χ1n) is 2.75. The maximum atomic E-state index is 10.3. The van der Waals surface area contributed by atoms with Gasteiger partial charge in [-0.2, -0.15) is 0 Å².